The highest BCUT2D eigenvalue weighted by atomic mass is 16.5. The van der Waals surface area contributed by atoms with Crippen LogP contribution in [0.25, 0.3) is 0 Å². The molecule has 0 aliphatic rings. The number of aryl methyl sites for hydroxylation is 2. The van der Waals surface area contributed by atoms with Crippen LogP contribution in [-0.2, 0) is 4.74 Å². The maximum absolute atomic E-state index is 11.0. The molecular weight excluding hydrogens is 372 g/mol. The first-order chi connectivity index (χ1) is 14.0. The molecule has 0 aliphatic heterocycles. The van der Waals surface area contributed by atoms with Gasteiger partial charge in [-0.2, -0.15) is 5.10 Å². The fourth-order valence-electron chi connectivity index (χ4n) is 2.43. The number of carbonyl (C=O) groups is 1. The van der Waals surface area contributed by atoms with Gasteiger partial charge in [-0.1, -0.05) is 6.07 Å². The van der Waals surface area contributed by atoms with Crippen molar-refractivity contribution in [1.82, 2.24) is 5.43 Å². The molecule has 1 N–H and O–H groups in total. The maximum atomic E-state index is 11.0. The first-order valence-corrected chi connectivity index (χ1v) is 9.50. The predicted molar refractivity (Wildman–Crippen MR) is 112 cm³/mol. The number of hydrazone groups is 1. The summed E-state index contributed by atoms with van der Waals surface area (Å²) in [6.07, 6.45) is 1.61. The summed E-state index contributed by atoms with van der Waals surface area (Å²) in [5.74, 6) is 2.13. The van der Waals surface area contributed by atoms with E-state index >= 15 is 0 Å². The summed E-state index contributed by atoms with van der Waals surface area (Å²) in [5, 5.41) is 3.81. The lowest BCUT2D eigenvalue weighted by molar-refractivity contribution is 0.171. The molecule has 0 fully saturated rings. The molecule has 29 heavy (non-hydrogen) atoms. The van der Waals surface area contributed by atoms with Crippen LogP contribution in [0.4, 0.5) is 4.79 Å². The van der Waals surface area contributed by atoms with E-state index < -0.39 is 6.09 Å². The van der Waals surface area contributed by atoms with E-state index in [0.29, 0.717) is 31.3 Å². The van der Waals surface area contributed by atoms with Crippen LogP contribution in [0.3, 0.4) is 0 Å². The standard InChI is InChI=1S/C22H28N2O5/c1-5-27-21-14-18(15-23-24-22(25)26-4)8-10-20(21)29-12-6-11-28-19-9-7-16(2)17(3)13-19/h7-10,13-15H,5-6,11-12H2,1-4H3,(H,24,25). The van der Waals surface area contributed by atoms with Gasteiger partial charge in [0, 0.05) is 6.42 Å². The number of benzene rings is 2. The molecule has 1 amide bonds. The third kappa shape index (κ3) is 7.37. The topological polar surface area (TPSA) is 78.4 Å². The number of ether oxygens (including phenoxy) is 4. The predicted octanol–water partition coefficient (Wildman–Crippen LogP) is 4.24. The summed E-state index contributed by atoms with van der Waals surface area (Å²) >= 11 is 0. The van der Waals surface area contributed by atoms with Crippen LogP contribution < -0.4 is 19.6 Å². The molecule has 0 spiro atoms. The van der Waals surface area contributed by atoms with Crippen molar-refractivity contribution in [2.45, 2.75) is 27.2 Å². The van der Waals surface area contributed by atoms with E-state index in [2.05, 4.69) is 35.2 Å². The molecular formula is C22H28N2O5. The second kappa shape index (κ2) is 11.6. The van der Waals surface area contributed by atoms with Crippen molar-refractivity contribution in [2.24, 2.45) is 5.10 Å². The Hall–Kier alpha value is -3.22. The average Bonchev–Trinajstić information content (AvgIpc) is 2.71. The normalized spacial score (nSPS) is 10.6. The zero-order valence-electron chi connectivity index (χ0n) is 17.4. The Morgan fingerprint density at radius 1 is 1.00 bits per heavy atom. The lowest BCUT2D eigenvalue weighted by Gasteiger charge is -2.13. The number of carbonyl (C=O) groups excluding carboxylic acids is 1. The van der Waals surface area contributed by atoms with E-state index in [0.717, 1.165) is 17.7 Å². The third-order valence-corrected chi connectivity index (χ3v) is 4.12. The SMILES string of the molecule is CCOc1cc(C=NNC(=O)OC)ccc1OCCCOc1ccc(C)c(C)c1. The lowest BCUT2D eigenvalue weighted by Crippen LogP contribution is -2.16. The van der Waals surface area contributed by atoms with Crippen molar-refractivity contribution >= 4 is 12.3 Å². The van der Waals surface area contributed by atoms with Crippen molar-refractivity contribution in [3.05, 3.63) is 53.1 Å². The molecule has 0 saturated carbocycles. The molecule has 2 aromatic carbocycles. The zero-order valence-corrected chi connectivity index (χ0v) is 17.4. The van der Waals surface area contributed by atoms with Gasteiger partial charge in [0.15, 0.2) is 11.5 Å². The van der Waals surface area contributed by atoms with Crippen molar-refractivity contribution in [1.29, 1.82) is 0 Å². The molecule has 0 aliphatic carbocycles. The number of amides is 1. The molecule has 0 aromatic heterocycles. The largest absolute Gasteiger partial charge is 0.493 e. The molecule has 0 radical (unpaired) electrons. The van der Waals surface area contributed by atoms with Gasteiger partial charge in [0.25, 0.3) is 0 Å². The highest BCUT2D eigenvalue weighted by Crippen LogP contribution is 2.28. The van der Waals surface area contributed by atoms with Crippen molar-refractivity contribution in [2.75, 3.05) is 26.9 Å². The quantitative estimate of drug-likeness (QED) is 0.367. The van der Waals surface area contributed by atoms with Gasteiger partial charge in [-0.05, 0) is 67.8 Å². The van der Waals surface area contributed by atoms with Crippen LogP contribution in [0.1, 0.15) is 30.0 Å². The van der Waals surface area contributed by atoms with Gasteiger partial charge in [0.2, 0.25) is 0 Å². The average molecular weight is 400 g/mol. The van der Waals surface area contributed by atoms with Gasteiger partial charge < -0.3 is 18.9 Å². The fraction of sp³-hybridized carbons (Fsp3) is 0.364. The Morgan fingerprint density at radius 2 is 1.79 bits per heavy atom. The molecule has 0 unspecified atom stereocenters. The first-order valence-electron chi connectivity index (χ1n) is 9.50. The van der Waals surface area contributed by atoms with Crippen LogP contribution in [0.2, 0.25) is 0 Å². The highest BCUT2D eigenvalue weighted by molar-refractivity contribution is 5.82. The fourth-order valence-corrected chi connectivity index (χ4v) is 2.43. The van der Waals surface area contributed by atoms with E-state index in [4.69, 9.17) is 14.2 Å². The Labute approximate surface area is 171 Å². The summed E-state index contributed by atoms with van der Waals surface area (Å²) in [4.78, 5) is 11.0. The molecule has 0 bridgehead atoms. The van der Waals surface area contributed by atoms with Crippen LogP contribution >= 0.6 is 0 Å². The van der Waals surface area contributed by atoms with Gasteiger partial charge in [-0.25, -0.2) is 10.2 Å². The molecule has 0 saturated heterocycles. The van der Waals surface area contributed by atoms with Gasteiger partial charge in [0.1, 0.15) is 5.75 Å². The maximum Gasteiger partial charge on any atom is 0.427 e. The lowest BCUT2D eigenvalue weighted by atomic mass is 10.1. The second-order valence-corrected chi connectivity index (χ2v) is 6.30. The molecule has 0 heterocycles. The summed E-state index contributed by atoms with van der Waals surface area (Å²) < 4.78 is 21.7. The minimum Gasteiger partial charge on any atom is -0.493 e. The van der Waals surface area contributed by atoms with Gasteiger partial charge in [-0.15, -0.1) is 0 Å². The number of nitrogens with one attached hydrogen (secondary N) is 1. The number of nitrogens with zero attached hydrogens (tertiary/aromatic N) is 1. The van der Waals surface area contributed by atoms with Gasteiger partial charge in [-0.3, -0.25) is 0 Å². The summed E-state index contributed by atoms with van der Waals surface area (Å²) in [5.41, 5.74) is 5.46. The molecule has 2 aromatic rings. The Morgan fingerprint density at radius 3 is 2.52 bits per heavy atom. The summed E-state index contributed by atoms with van der Waals surface area (Å²) in [7, 11) is 1.27. The Balaban J connectivity index is 1.85. The Bertz CT molecular complexity index is 836. The number of methoxy groups -OCH3 is 1. The third-order valence-electron chi connectivity index (χ3n) is 4.12. The van der Waals surface area contributed by atoms with Gasteiger partial charge >= 0.3 is 6.09 Å². The molecule has 7 heteroatoms. The van der Waals surface area contributed by atoms with Crippen molar-refractivity contribution < 1.29 is 23.7 Å². The van der Waals surface area contributed by atoms with E-state index in [1.165, 1.54) is 24.5 Å². The van der Waals surface area contributed by atoms with Crippen LogP contribution in [0.15, 0.2) is 41.5 Å². The van der Waals surface area contributed by atoms with E-state index in [-0.39, 0.29) is 0 Å². The van der Waals surface area contributed by atoms with E-state index in [9.17, 15) is 4.79 Å². The monoisotopic (exact) mass is 400 g/mol. The minimum atomic E-state index is -0.630. The van der Waals surface area contributed by atoms with Crippen LogP contribution in [0, 0.1) is 13.8 Å². The summed E-state index contributed by atoms with van der Waals surface area (Å²) in [6, 6.07) is 11.5. The number of hydrogen-bond acceptors (Lipinski definition) is 6. The molecule has 0 atom stereocenters. The summed E-state index contributed by atoms with van der Waals surface area (Å²) in [6.45, 7) is 7.63. The number of rotatable bonds is 10. The van der Waals surface area contributed by atoms with Gasteiger partial charge in [0.05, 0.1) is 33.1 Å². The minimum absolute atomic E-state index is 0.502. The number of hydrogen-bond donors (Lipinski definition) is 1. The Kier molecular flexibility index (Phi) is 8.82. The first kappa shape index (κ1) is 22.1. The van der Waals surface area contributed by atoms with Crippen molar-refractivity contribution in [3.63, 3.8) is 0 Å². The zero-order chi connectivity index (χ0) is 21.1. The smallest absolute Gasteiger partial charge is 0.427 e. The van der Waals surface area contributed by atoms with Crippen LogP contribution in [0.5, 0.6) is 17.2 Å². The van der Waals surface area contributed by atoms with Crippen molar-refractivity contribution in [3.8, 4) is 17.2 Å². The molecule has 2 rings (SSSR count). The molecule has 156 valence electrons. The second-order valence-electron chi connectivity index (χ2n) is 6.30. The van der Waals surface area contributed by atoms with Crippen LogP contribution in [-0.4, -0.2) is 39.2 Å². The highest BCUT2D eigenvalue weighted by Gasteiger charge is 2.06. The van der Waals surface area contributed by atoms with E-state index in [1.807, 2.05) is 31.2 Å². The van der Waals surface area contributed by atoms with E-state index in [1.54, 1.807) is 6.07 Å². The molecule has 7 nitrogen and oxygen atoms in total.